The Kier molecular flexibility index (Phi) is 4.12. The molecule has 0 radical (unpaired) electrons. The second-order valence-corrected chi connectivity index (χ2v) is 4.93. The van der Waals surface area contributed by atoms with Crippen molar-refractivity contribution in [3.63, 3.8) is 0 Å². The molecule has 0 aliphatic heterocycles. The summed E-state index contributed by atoms with van der Waals surface area (Å²) in [5.74, 6) is -1.14. The number of alkyl halides is 3. The minimum Gasteiger partial charge on any atom is -0.478 e. The van der Waals surface area contributed by atoms with Crippen LogP contribution in [-0.4, -0.2) is 26.0 Å². The maximum atomic E-state index is 12.4. The summed E-state index contributed by atoms with van der Waals surface area (Å²) in [6.45, 7) is 1.51. The Morgan fingerprint density at radius 1 is 1.24 bits per heavy atom. The first-order valence-electron chi connectivity index (χ1n) is 5.55. The number of hydrogen-bond acceptors (Lipinski definition) is 5. The Morgan fingerprint density at radius 3 is 2.43 bits per heavy atom. The van der Waals surface area contributed by atoms with E-state index in [-0.39, 0.29) is 21.4 Å². The van der Waals surface area contributed by atoms with Gasteiger partial charge in [-0.3, -0.25) is 0 Å². The van der Waals surface area contributed by atoms with E-state index in [1.807, 2.05) is 0 Å². The third-order valence-electron chi connectivity index (χ3n) is 2.45. The van der Waals surface area contributed by atoms with Crippen molar-refractivity contribution in [1.82, 2.24) is 15.0 Å². The monoisotopic (exact) mass is 315 g/mol. The standard InChI is InChI=1S/C12H8F3N3O2S/c1-6-8(10(19)20)5-17-11(18-6)21-9-3-2-7(4-16-9)12(13,14)15/h2-5H,1H3,(H,19,20). The quantitative estimate of drug-likeness (QED) is 0.877. The summed E-state index contributed by atoms with van der Waals surface area (Å²) in [6.07, 6.45) is -2.57. The van der Waals surface area contributed by atoms with E-state index in [1.165, 1.54) is 13.0 Å². The van der Waals surface area contributed by atoms with E-state index in [2.05, 4.69) is 15.0 Å². The number of rotatable bonds is 3. The van der Waals surface area contributed by atoms with E-state index in [0.29, 0.717) is 0 Å². The molecule has 0 aliphatic carbocycles. The van der Waals surface area contributed by atoms with Crippen molar-refractivity contribution in [2.24, 2.45) is 0 Å². The Bertz CT molecular complexity index is 674. The van der Waals surface area contributed by atoms with E-state index in [9.17, 15) is 18.0 Å². The number of aromatic nitrogens is 3. The minimum absolute atomic E-state index is 0.0280. The van der Waals surface area contributed by atoms with Crippen LogP contribution >= 0.6 is 11.8 Å². The topological polar surface area (TPSA) is 76.0 Å². The summed E-state index contributed by atoms with van der Waals surface area (Å²) in [5.41, 5.74) is -0.600. The van der Waals surface area contributed by atoms with E-state index in [4.69, 9.17) is 5.11 Å². The van der Waals surface area contributed by atoms with Gasteiger partial charge in [-0.05, 0) is 30.8 Å². The fraction of sp³-hybridized carbons (Fsp3) is 0.167. The van der Waals surface area contributed by atoms with Gasteiger partial charge in [-0.2, -0.15) is 13.2 Å². The predicted molar refractivity (Wildman–Crippen MR) is 67.1 cm³/mol. The van der Waals surface area contributed by atoms with Crippen molar-refractivity contribution >= 4 is 17.7 Å². The molecule has 2 aromatic rings. The molecule has 1 N–H and O–H groups in total. The van der Waals surface area contributed by atoms with Crippen LogP contribution in [0.3, 0.4) is 0 Å². The molecule has 5 nitrogen and oxygen atoms in total. The summed E-state index contributed by atoms with van der Waals surface area (Å²) in [7, 11) is 0. The normalized spacial score (nSPS) is 11.4. The molecular formula is C12H8F3N3O2S. The molecule has 0 amide bonds. The van der Waals surface area contributed by atoms with Crippen LogP contribution < -0.4 is 0 Å². The van der Waals surface area contributed by atoms with Gasteiger partial charge in [0.1, 0.15) is 5.03 Å². The summed E-state index contributed by atoms with van der Waals surface area (Å²) in [5, 5.41) is 9.34. The van der Waals surface area contributed by atoms with Crippen LogP contribution in [0.2, 0.25) is 0 Å². The number of carbonyl (C=O) groups is 1. The smallest absolute Gasteiger partial charge is 0.417 e. The van der Waals surface area contributed by atoms with Gasteiger partial charge in [-0.25, -0.2) is 19.7 Å². The molecule has 0 saturated heterocycles. The predicted octanol–water partition coefficient (Wildman–Crippen LogP) is 3.05. The molecule has 0 aliphatic rings. The number of aryl methyl sites for hydroxylation is 1. The zero-order valence-electron chi connectivity index (χ0n) is 10.5. The molecule has 21 heavy (non-hydrogen) atoms. The molecule has 0 fully saturated rings. The Morgan fingerprint density at radius 2 is 1.95 bits per heavy atom. The van der Waals surface area contributed by atoms with Crippen LogP contribution in [0, 0.1) is 6.92 Å². The number of aromatic carboxylic acids is 1. The van der Waals surface area contributed by atoms with Gasteiger partial charge in [-0.1, -0.05) is 0 Å². The molecule has 2 rings (SSSR count). The van der Waals surface area contributed by atoms with Crippen molar-refractivity contribution in [2.75, 3.05) is 0 Å². The molecule has 110 valence electrons. The van der Waals surface area contributed by atoms with Gasteiger partial charge in [0, 0.05) is 12.4 Å². The molecule has 0 aromatic carbocycles. The average molecular weight is 315 g/mol. The highest BCUT2D eigenvalue weighted by Gasteiger charge is 2.30. The SMILES string of the molecule is Cc1nc(Sc2ccc(C(F)(F)F)cn2)ncc1C(=O)O. The van der Waals surface area contributed by atoms with Gasteiger partial charge in [0.25, 0.3) is 0 Å². The maximum Gasteiger partial charge on any atom is 0.417 e. The molecule has 2 heterocycles. The number of nitrogens with zero attached hydrogens (tertiary/aromatic N) is 3. The average Bonchev–Trinajstić information content (AvgIpc) is 2.38. The zero-order valence-corrected chi connectivity index (χ0v) is 11.4. The Hall–Kier alpha value is -2.16. The summed E-state index contributed by atoms with van der Waals surface area (Å²) in [6, 6.07) is 2.12. The van der Waals surface area contributed by atoms with Crippen molar-refractivity contribution in [3.8, 4) is 0 Å². The number of halogens is 3. The fourth-order valence-electron chi connectivity index (χ4n) is 1.41. The van der Waals surface area contributed by atoms with Crippen LogP contribution in [0.5, 0.6) is 0 Å². The van der Waals surface area contributed by atoms with E-state index in [0.717, 1.165) is 30.2 Å². The van der Waals surface area contributed by atoms with Crippen molar-refractivity contribution in [1.29, 1.82) is 0 Å². The maximum absolute atomic E-state index is 12.4. The van der Waals surface area contributed by atoms with Gasteiger partial charge in [-0.15, -0.1) is 0 Å². The van der Waals surface area contributed by atoms with Crippen LogP contribution in [0.25, 0.3) is 0 Å². The second kappa shape index (κ2) is 5.68. The minimum atomic E-state index is -4.44. The highest BCUT2D eigenvalue weighted by Crippen LogP contribution is 2.30. The van der Waals surface area contributed by atoms with Gasteiger partial charge >= 0.3 is 12.1 Å². The van der Waals surface area contributed by atoms with Gasteiger partial charge in [0.15, 0.2) is 5.16 Å². The molecule has 0 saturated carbocycles. The Balaban J connectivity index is 2.19. The van der Waals surface area contributed by atoms with E-state index < -0.39 is 17.7 Å². The number of carboxylic acid groups (broad SMARTS) is 1. The lowest BCUT2D eigenvalue weighted by atomic mass is 10.2. The largest absolute Gasteiger partial charge is 0.478 e. The van der Waals surface area contributed by atoms with Crippen molar-refractivity contribution < 1.29 is 23.1 Å². The van der Waals surface area contributed by atoms with Crippen molar-refractivity contribution in [3.05, 3.63) is 41.3 Å². The van der Waals surface area contributed by atoms with E-state index >= 15 is 0 Å². The summed E-state index contributed by atoms with van der Waals surface area (Å²) < 4.78 is 37.2. The van der Waals surface area contributed by atoms with E-state index in [1.54, 1.807) is 0 Å². The Labute approximate surface area is 121 Å². The molecular weight excluding hydrogens is 307 g/mol. The third kappa shape index (κ3) is 3.69. The van der Waals surface area contributed by atoms with Gasteiger partial charge in [0.05, 0.1) is 16.8 Å². The second-order valence-electron chi connectivity index (χ2n) is 3.94. The van der Waals surface area contributed by atoms with Gasteiger partial charge < -0.3 is 5.11 Å². The van der Waals surface area contributed by atoms with Crippen LogP contribution in [0.4, 0.5) is 13.2 Å². The third-order valence-corrected chi connectivity index (χ3v) is 3.28. The molecule has 0 spiro atoms. The highest BCUT2D eigenvalue weighted by molar-refractivity contribution is 7.99. The summed E-state index contributed by atoms with van der Waals surface area (Å²) >= 11 is 0.948. The lowest BCUT2D eigenvalue weighted by Crippen LogP contribution is -2.05. The lowest BCUT2D eigenvalue weighted by molar-refractivity contribution is -0.137. The van der Waals surface area contributed by atoms with Gasteiger partial charge in [0.2, 0.25) is 0 Å². The fourth-order valence-corrected chi connectivity index (χ4v) is 2.12. The molecule has 9 heteroatoms. The first-order chi connectivity index (χ1) is 9.77. The molecule has 0 bridgehead atoms. The first-order valence-corrected chi connectivity index (χ1v) is 6.37. The first kappa shape index (κ1) is 15.2. The lowest BCUT2D eigenvalue weighted by Gasteiger charge is -2.06. The van der Waals surface area contributed by atoms with Crippen molar-refractivity contribution in [2.45, 2.75) is 23.3 Å². The highest BCUT2D eigenvalue weighted by atomic mass is 32.2. The van der Waals surface area contributed by atoms with Crippen LogP contribution in [0.15, 0.2) is 34.7 Å². The molecule has 0 unspecified atom stereocenters. The summed E-state index contributed by atoms with van der Waals surface area (Å²) in [4.78, 5) is 22.3. The van der Waals surface area contributed by atoms with Crippen LogP contribution in [0.1, 0.15) is 21.6 Å². The zero-order chi connectivity index (χ0) is 15.6. The molecule has 2 aromatic heterocycles. The number of carboxylic acids is 1. The number of hydrogen-bond donors (Lipinski definition) is 1. The molecule has 0 atom stereocenters. The van der Waals surface area contributed by atoms with Crippen LogP contribution in [-0.2, 0) is 6.18 Å². The number of pyridine rings is 1.